The maximum absolute atomic E-state index is 13.8. The van der Waals surface area contributed by atoms with E-state index in [-0.39, 0.29) is 30.8 Å². The first-order chi connectivity index (χ1) is 20.1. The topological polar surface area (TPSA) is 125 Å². The molecule has 3 aromatic rings. The number of ether oxygens (including phenoxy) is 1. The van der Waals surface area contributed by atoms with Gasteiger partial charge in [-0.05, 0) is 31.5 Å². The van der Waals surface area contributed by atoms with Crippen LogP contribution in [-0.4, -0.2) is 72.6 Å². The molecule has 1 aliphatic heterocycles. The molecule has 1 aliphatic rings. The average molecular weight is 571 g/mol. The smallest absolute Gasteiger partial charge is 0.328 e. The number of rotatable bonds is 11. The minimum atomic E-state index is -1.39. The number of urea groups is 2. The van der Waals surface area contributed by atoms with E-state index >= 15 is 0 Å². The van der Waals surface area contributed by atoms with Crippen molar-refractivity contribution in [3.8, 4) is 5.75 Å². The second-order valence-corrected chi connectivity index (χ2v) is 10.3. The number of hydrogen-bond acceptors (Lipinski definition) is 6. The number of amides is 5. The molecule has 1 saturated heterocycles. The summed E-state index contributed by atoms with van der Waals surface area (Å²) in [7, 11) is 3.01. The van der Waals surface area contributed by atoms with Crippen molar-refractivity contribution in [2.75, 3.05) is 27.2 Å². The van der Waals surface area contributed by atoms with Crippen LogP contribution in [0.15, 0.2) is 78.9 Å². The quantitative estimate of drug-likeness (QED) is 0.267. The molecule has 218 valence electrons. The van der Waals surface area contributed by atoms with E-state index in [9.17, 15) is 24.0 Å². The Hall–Kier alpha value is -4.99. The minimum Gasteiger partial charge on any atom is -0.490 e. The van der Waals surface area contributed by atoms with Crippen molar-refractivity contribution in [2.45, 2.75) is 31.9 Å². The highest BCUT2D eigenvalue weighted by molar-refractivity contribution is 6.11. The molecule has 3 aromatic carbocycles. The van der Waals surface area contributed by atoms with E-state index in [1.165, 1.54) is 19.0 Å². The summed E-state index contributed by atoms with van der Waals surface area (Å²) in [5.41, 5.74) is 0.837. The highest BCUT2D eigenvalue weighted by Crippen LogP contribution is 2.41. The predicted octanol–water partition coefficient (Wildman–Crippen LogP) is 3.80. The fourth-order valence-electron chi connectivity index (χ4n) is 4.94. The number of carbonyl (C=O) groups excluding carboxylic acids is 5. The Morgan fingerprint density at radius 3 is 2.29 bits per heavy atom. The van der Waals surface area contributed by atoms with E-state index in [0.717, 1.165) is 10.5 Å². The van der Waals surface area contributed by atoms with Crippen LogP contribution in [0, 0.1) is 0 Å². The average Bonchev–Trinajstić information content (AvgIpc) is 3.16. The lowest BCUT2D eigenvalue weighted by molar-refractivity contribution is -0.132. The van der Waals surface area contributed by atoms with Gasteiger partial charge >= 0.3 is 12.1 Å². The Kier molecular flexibility index (Phi) is 9.05. The van der Waals surface area contributed by atoms with Crippen LogP contribution in [0.1, 0.15) is 45.7 Å². The Bertz CT molecular complexity index is 1510. The molecular formula is C32H34N4O6. The summed E-state index contributed by atoms with van der Waals surface area (Å²) in [6, 6.07) is 21.7. The molecule has 5 amide bonds. The van der Waals surface area contributed by atoms with Crippen LogP contribution in [-0.2, 0) is 16.8 Å². The molecular weight excluding hydrogens is 536 g/mol. The molecule has 2 N–H and O–H groups in total. The number of nitrogens with one attached hydrogen (secondary N) is 2. The van der Waals surface area contributed by atoms with Gasteiger partial charge in [0.05, 0.1) is 19.2 Å². The van der Waals surface area contributed by atoms with Crippen molar-refractivity contribution < 1.29 is 28.7 Å². The molecule has 42 heavy (non-hydrogen) atoms. The van der Waals surface area contributed by atoms with E-state index in [4.69, 9.17) is 4.74 Å². The maximum Gasteiger partial charge on any atom is 0.328 e. The van der Waals surface area contributed by atoms with Crippen LogP contribution in [0.4, 0.5) is 9.59 Å². The standard InChI is InChI=1S/C32H34N4O6/c1-21(17-22-11-10-14-24(18-22)26(37)19-34-30(40)33-3)42-28-16-9-8-15-25(28)32(2)29(39)36(31(41)35(32)4)20-27(38)23-12-6-5-7-13-23/h5-16,18,21H,17,19-20H2,1-4H3,(H2,33,34,40). The van der Waals surface area contributed by atoms with Gasteiger partial charge in [0, 0.05) is 37.2 Å². The molecule has 0 aromatic heterocycles. The summed E-state index contributed by atoms with van der Waals surface area (Å²) in [5, 5.41) is 4.90. The number of ketones is 2. The highest BCUT2D eigenvalue weighted by atomic mass is 16.5. The van der Waals surface area contributed by atoms with Crippen molar-refractivity contribution in [1.29, 1.82) is 0 Å². The molecule has 2 unspecified atom stereocenters. The number of imide groups is 1. The lowest BCUT2D eigenvalue weighted by atomic mass is 9.89. The van der Waals surface area contributed by atoms with Gasteiger partial charge in [-0.25, -0.2) is 9.59 Å². The minimum absolute atomic E-state index is 0.130. The van der Waals surface area contributed by atoms with Gasteiger partial charge in [0.1, 0.15) is 11.3 Å². The second kappa shape index (κ2) is 12.7. The van der Waals surface area contributed by atoms with Gasteiger partial charge in [0.15, 0.2) is 11.6 Å². The highest BCUT2D eigenvalue weighted by Gasteiger charge is 2.55. The number of nitrogens with zero attached hydrogens (tertiary/aromatic N) is 2. The summed E-state index contributed by atoms with van der Waals surface area (Å²) in [6.07, 6.45) is 0.0903. The van der Waals surface area contributed by atoms with Gasteiger partial charge in [0.25, 0.3) is 5.91 Å². The second-order valence-electron chi connectivity index (χ2n) is 10.3. The first kappa shape index (κ1) is 30.0. The molecule has 0 saturated carbocycles. The molecule has 0 bridgehead atoms. The molecule has 10 heteroatoms. The van der Waals surface area contributed by atoms with Crippen molar-refractivity contribution in [1.82, 2.24) is 20.4 Å². The van der Waals surface area contributed by atoms with Gasteiger partial charge in [-0.15, -0.1) is 0 Å². The summed E-state index contributed by atoms with van der Waals surface area (Å²) < 4.78 is 6.31. The third kappa shape index (κ3) is 6.17. The fraction of sp³-hybridized carbons (Fsp3) is 0.281. The number of carbonyl (C=O) groups is 5. The van der Waals surface area contributed by atoms with Gasteiger partial charge in [0.2, 0.25) is 0 Å². The molecule has 1 heterocycles. The third-order valence-electron chi connectivity index (χ3n) is 7.40. The molecule has 2 atom stereocenters. The van der Waals surface area contributed by atoms with Crippen LogP contribution < -0.4 is 15.4 Å². The first-order valence-electron chi connectivity index (χ1n) is 13.6. The lowest BCUT2D eigenvalue weighted by Crippen LogP contribution is -2.43. The summed E-state index contributed by atoms with van der Waals surface area (Å²) in [4.78, 5) is 66.1. The van der Waals surface area contributed by atoms with E-state index in [2.05, 4.69) is 10.6 Å². The van der Waals surface area contributed by atoms with Crippen molar-refractivity contribution in [2.24, 2.45) is 0 Å². The predicted molar refractivity (Wildman–Crippen MR) is 156 cm³/mol. The van der Waals surface area contributed by atoms with Crippen LogP contribution in [0.5, 0.6) is 5.75 Å². The monoisotopic (exact) mass is 570 g/mol. The number of likely N-dealkylation sites (N-methyl/N-ethyl adjacent to an activating group) is 1. The van der Waals surface area contributed by atoms with Crippen LogP contribution in [0.2, 0.25) is 0 Å². The Morgan fingerprint density at radius 1 is 0.905 bits per heavy atom. The van der Waals surface area contributed by atoms with Crippen LogP contribution in [0.3, 0.4) is 0 Å². The molecule has 10 nitrogen and oxygen atoms in total. The number of hydrogen-bond donors (Lipinski definition) is 2. The summed E-state index contributed by atoms with van der Waals surface area (Å²) in [5.74, 6) is -0.647. The molecule has 0 spiro atoms. The normalized spacial score (nSPS) is 17.1. The molecule has 0 aliphatic carbocycles. The van der Waals surface area contributed by atoms with Gasteiger partial charge in [-0.2, -0.15) is 0 Å². The molecule has 1 fully saturated rings. The largest absolute Gasteiger partial charge is 0.490 e. The Balaban J connectivity index is 1.50. The van der Waals surface area contributed by atoms with Crippen molar-refractivity contribution >= 4 is 29.5 Å². The summed E-state index contributed by atoms with van der Waals surface area (Å²) in [6.45, 7) is 3.02. The Morgan fingerprint density at radius 2 is 1.57 bits per heavy atom. The van der Waals surface area contributed by atoms with Crippen molar-refractivity contribution in [3.63, 3.8) is 0 Å². The van der Waals surface area contributed by atoms with E-state index in [1.807, 2.05) is 13.0 Å². The van der Waals surface area contributed by atoms with Crippen molar-refractivity contribution in [3.05, 3.63) is 101 Å². The maximum atomic E-state index is 13.8. The summed E-state index contributed by atoms with van der Waals surface area (Å²) >= 11 is 0. The molecule has 4 rings (SSSR count). The van der Waals surface area contributed by atoms with Gasteiger partial charge in [-0.1, -0.05) is 66.7 Å². The van der Waals surface area contributed by atoms with Crippen LogP contribution in [0.25, 0.3) is 0 Å². The number of benzene rings is 3. The zero-order valence-electron chi connectivity index (χ0n) is 24.0. The first-order valence-corrected chi connectivity index (χ1v) is 13.6. The third-order valence-corrected chi connectivity index (χ3v) is 7.40. The van der Waals surface area contributed by atoms with Crippen LogP contribution >= 0.6 is 0 Å². The zero-order valence-corrected chi connectivity index (χ0v) is 24.0. The number of Topliss-reactive ketones (excluding diaryl/α,β-unsaturated/α-hetero) is 2. The van der Waals surface area contributed by atoms with E-state index in [1.54, 1.807) is 79.7 Å². The number of para-hydroxylation sites is 1. The van der Waals surface area contributed by atoms with Gasteiger partial charge in [-0.3, -0.25) is 19.3 Å². The zero-order chi connectivity index (χ0) is 30.4. The SMILES string of the molecule is CNC(=O)NCC(=O)c1cccc(CC(C)Oc2ccccc2C2(C)C(=O)N(CC(=O)c3ccccc3)C(=O)N2C)c1. The Labute approximate surface area is 244 Å². The van der Waals surface area contributed by atoms with E-state index < -0.39 is 23.5 Å². The van der Waals surface area contributed by atoms with Gasteiger partial charge < -0.3 is 20.3 Å². The van der Waals surface area contributed by atoms with E-state index in [0.29, 0.717) is 28.9 Å². The fourth-order valence-corrected chi connectivity index (χ4v) is 4.94. The lowest BCUT2D eigenvalue weighted by Gasteiger charge is -2.31. The molecule has 0 radical (unpaired) electrons.